The van der Waals surface area contributed by atoms with Crippen LogP contribution >= 0.6 is 0 Å². The van der Waals surface area contributed by atoms with Gasteiger partial charge in [0.15, 0.2) is 0 Å². The van der Waals surface area contributed by atoms with Crippen molar-refractivity contribution in [3.8, 4) is 0 Å². The van der Waals surface area contributed by atoms with E-state index in [9.17, 15) is 9.18 Å². The second-order valence-electron chi connectivity index (χ2n) is 4.03. The van der Waals surface area contributed by atoms with E-state index in [2.05, 4.69) is 15.3 Å². The molecule has 0 radical (unpaired) electrons. The third-order valence-electron chi connectivity index (χ3n) is 2.83. The molecular weight excluding hydrogens is 245 g/mol. The van der Waals surface area contributed by atoms with Crippen molar-refractivity contribution in [3.05, 3.63) is 60.2 Å². The van der Waals surface area contributed by atoms with Gasteiger partial charge in [-0.05, 0) is 24.3 Å². The summed E-state index contributed by atoms with van der Waals surface area (Å²) >= 11 is 0. The lowest BCUT2D eigenvalue weighted by molar-refractivity contribution is 0.102. The van der Waals surface area contributed by atoms with E-state index in [1.165, 1.54) is 12.1 Å². The molecule has 3 rings (SSSR count). The minimum Gasteiger partial charge on any atom is -0.346 e. The molecule has 0 unspecified atom stereocenters. The van der Waals surface area contributed by atoms with Gasteiger partial charge in [-0.1, -0.05) is 12.1 Å². The molecule has 0 atom stereocenters. The highest BCUT2D eigenvalue weighted by molar-refractivity contribution is 6.08. The number of H-pyrrole nitrogens is 1. The van der Waals surface area contributed by atoms with Crippen LogP contribution in [0.25, 0.3) is 11.0 Å². The lowest BCUT2D eigenvalue weighted by Crippen LogP contribution is -2.13. The number of hydrogen-bond acceptors (Lipinski definition) is 2. The maximum Gasteiger partial charge on any atom is 0.258 e. The molecule has 0 aliphatic heterocycles. The van der Waals surface area contributed by atoms with Gasteiger partial charge in [-0.2, -0.15) is 0 Å². The van der Waals surface area contributed by atoms with Gasteiger partial charge in [0.25, 0.3) is 5.91 Å². The van der Waals surface area contributed by atoms with E-state index in [4.69, 9.17) is 0 Å². The number of carbonyl (C=O) groups excluding carboxylic acids is 1. The van der Waals surface area contributed by atoms with E-state index in [0.717, 1.165) is 5.39 Å². The average Bonchev–Trinajstić information content (AvgIpc) is 2.88. The first-order valence-corrected chi connectivity index (χ1v) is 5.73. The Balaban J connectivity index is 1.95. The smallest absolute Gasteiger partial charge is 0.258 e. The first-order chi connectivity index (χ1) is 9.25. The summed E-state index contributed by atoms with van der Waals surface area (Å²) in [5, 5.41) is 3.47. The van der Waals surface area contributed by atoms with Crippen LogP contribution in [-0.2, 0) is 0 Å². The van der Waals surface area contributed by atoms with E-state index in [0.29, 0.717) is 11.3 Å². The van der Waals surface area contributed by atoms with Crippen molar-refractivity contribution in [2.75, 3.05) is 5.32 Å². The summed E-state index contributed by atoms with van der Waals surface area (Å²) in [4.78, 5) is 19.1. The highest BCUT2D eigenvalue weighted by Crippen LogP contribution is 2.21. The minimum absolute atomic E-state index is 0.0167. The standard InChI is InChI=1S/C14H10FN3O/c15-11-4-2-1-3-9(11)14(19)18-12-6-8-17-13-10(12)5-7-16-13/h1-8H,(H2,16,17,18,19). The van der Waals surface area contributed by atoms with Crippen molar-refractivity contribution >= 4 is 22.6 Å². The number of anilines is 1. The summed E-state index contributed by atoms with van der Waals surface area (Å²) < 4.78 is 13.5. The molecule has 2 aromatic heterocycles. The van der Waals surface area contributed by atoms with Crippen molar-refractivity contribution in [1.82, 2.24) is 9.97 Å². The van der Waals surface area contributed by atoms with E-state index in [1.54, 1.807) is 36.7 Å². The Hall–Kier alpha value is -2.69. The number of rotatable bonds is 2. The van der Waals surface area contributed by atoms with Crippen molar-refractivity contribution in [2.45, 2.75) is 0 Å². The Kier molecular flexibility index (Phi) is 2.72. The monoisotopic (exact) mass is 255 g/mol. The highest BCUT2D eigenvalue weighted by atomic mass is 19.1. The SMILES string of the molecule is O=C(Nc1ccnc2[nH]ccc12)c1ccccc1F. The van der Waals surface area contributed by atoms with Crippen molar-refractivity contribution in [2.24, 2.45) is 0 Å². The molecule has 0 spiro atoms. The normalized spacial score (nSPS) is 10.6. The van der Waals surface area contributed by atoms with Gasteiger partial charge in [0.05, 0.1) is 11.3 Å². The number of halogens is 1. The molecule has 1 amide bonds. The lowest BCUT2D eigenvalue weighted by atomic mass is 10.2. The summed E-state index contributed by atoms with van der Waals surface area (Å²) in [5.41, 5.74) is 1.29. The zero-order valence-corrected chi connectivity index (χ0v) is 9.85. The number of benzene rings is 1. The van der Waals surface area contributed by atoms with Crippen LogP contribution in [0.2, 0.25) is 0 Å². The summed E-state index contributed by atoms with van der Waals surface area (Å²) in [6.07, 6.45) is 3.31. The summed E-state index contributed by atoms with van der Waals surface area (Å²) in [6.45, 7) is 0. The van der Waals surface area contributed by atoms with Gasteiger partial charge in [-0.3, -0.25) is 4.79 Å². The number of aromatic nitrogens is 2. The summed E-state index contributed by atoms with van der Waals surface area (Å²) in [7, 11) is 0. The number of fused-ring (bicyclic) bond motifs is 1. The molecule has 94 valence electrons. The Morgan fingerprint density at radius 1 is 1.21 bits per heavy atom. The van der Waals surface area contributed by atoms with Crippen LogP contribution in [0.15, 0.2) is 48.8 Å². The molecule has 0 aliphatic carbocycles. The number of pyridine rings is 1. The molecule has 2 heterocycles. The fourth-order valence-corrected chi connectivity index (χ4v) is 1.90. The molecule has 0 saturated carbocycles. The van der Waals surface area contributed by atoms with Crippen molar-refractivity contribution in [3.63, 3.8) is 0 Å². The van der Waals surface area contributed by atoms with Crippen LogP contribution in [0.3, 0.4) is 0 Å². The fraction of sp³-hybridized carbons (Fsp3) is 0. The van der Waals surface area contributed by atoms with Crippen LogP contribution in [0.5, 0.6) is 0 Å². The number of hydrogen-bond donors (Lipinski definition) is 2. The van der Waals surface area contributed by atoms with Gasteiger partial charge >= 0.3 is 0 Å². The van der Waals surface area contributed by atoms with Crippen LogP contribution in [-0.4, -0.2) is 15.9 Å². The minimum atomic E-state index is -0.542. The van der Waals surface area contributed by atoms with Gasteiger partial charge in [0.1, 0.15) is 11.5 Å². The number of carbonyl (C=O) groups is 1. The van der Waals surface area contributed by atoms with Crippen molar-refractivity contribution in [1.29, 1.82) is 0 Å². The molecule has 1 aromatic carbocycles. The lowest BCUT2D eigenvalue weighted by Gasteiger charge is -2.06. The maximum atomic E-state index is 13.5. The molecular formula is C14H10FN3O. The maximum absolute atomic E-state index is 13.5. The molecule has 0 fully saturated rings. The number of aromatic amines is 1. The van der Waals surface area contributed by atoms with E-state index < -0.39 is 11.7 Å². The first kappa shape index (κ1) is 11.4. The zero-order chi connectivity index (χ0) is 13.2. The number of nitrogens with zero attached hydrogens (tertiary/aromatic N) is 1. The van der Waals surface area contributed by atoms with Gasteiger partial charge in [0, 0.05) is 17.8 Å². The largest absolute Gasteiger partial charge is 0.346 e. The number of nitrogens with one attached hydrogen (secondary N) is 2. The molecule has 0 saturated heterocycles. The molecule has 19 heavy (non-hydrogen) atoms. The van der Waals surface area contributed by atoms with Crippen LogP contribution < -0.4 is 5.32 Å². The molecule has 0 aliphatic rings. The van der Waals surface area contributed by atoms with Gasteiger partial charge in [0.2, 0.25) is 0 Å². The third kappa shape index (κ3) is 2.06. The Bertz CT molecular complexity index is 751. The van der Waals surface area contributed by atoms with Crippen LogP contribution in [0, 0.1) is 5.82 Å². The second-order valence-corrected chi connectivity index (χ2v) is 4.03. The second kappa shape index (κ2) is 4.53. The molecule has 0 bridgehead atoms. The van der Waals surface area contributed by atoms with E-state index >= 15 is 0 Å². The fourth-order valence-electron chi connectivity index (χ4n) is 1.90. The predicted molar refractivity (Wildman–Crippen MR) is 70.4 cm³/mol. The van der Waals surface area contributed by atoms with Crippen molar-refractivity contribution < 1.29 is 9.18 Å². The number of amides is 1. The van der Waals surface area contributed by atoms with Gasteiger partial charge in [-0.15, -0.1) is 0 Å². The average molecular weight is 255 g/mol. The van der Waals surface area contributed by atoms with Crippen LogP contribution in [0.1, 0.15) is 10.4 Å². The van der Waals surface area contributed by atoms with Crippen LogP contribution in [0.4, 0.5) is 10.1 Å². The Morgan fingerprint density at radius 3 is 2.89 bits per heavy atom. The Morgan fingerprint density at radius 2 is 2.05 bits per heavy atom. The molecule has 5 heteroatoms. The first-order valence-electron chi connectivity index (χ1n) is 5.73. The highest BCUT2D eigenvalue weighted by Gasteiger charge is 2.12. The van der Waals surface area contributed by atoms with E-state index in [1.807, 2.05) is 0 Å². The molecule has 4 nitrogen and oxygen atoms in total. The third-order valence-corrected chi connectivity index (χ3v) is 2.83. The van der Waals surface area contributed by atoms with Gasteiger partial charge in [-0.25, -0.2) is 9.37 Å². The molecule has 3 aromatic rings. The Labute approximate surface area is 108 Å². The zero-order valence-electron chi connectivity index (χ0n) is 9.85. The topological polar surface area (TPSA) is 57.8 Å². The van der Waals surface area contributed by atoms with Gasteiger partial charge < -0.3 is 10.3 Å². The quantitative estimate of drug-likeness (QED) is 0.739. The predicted octanol–water partition coefficient (Wildman–Crippen LogP) is 2.95. The van der Waals surface area contributed by atoms with E-state index in [-0.39, 0.29) is 5.56 Å². The summed E-state index contributed by atoms with van der Waals surface area (Å²) in [5.74, 6) is -1.02. The summed E-state index contributed by atoms with van der Waals surface area (Å²) in [6, 6.07) is 9.35. The molecule has 2 N–H and O–H groups in total.